The van der Waals surface area contributed by atoms with E-state index in [1.165, 1.54) is 6.92 Å². The van der Waals surface area contributed by atoms with Crippen LogP contribution in [0.2, 0.25) is 0 Å². The van der Waals surface area contributed by atoms with Gasteiger partial charge in [0.1, 0.15) is 5.69 Å². The number of ether oxygens (including phenoxy) is 1. The lowest BCUT2D eigenvalue weighted by Gasteiger charge is -1.97. The summed E-state index contributed by atoms with van der Waals surface area (Å²) in [7, 11) is 0. The summed E-state index contributed by atoms with van der Waals surface area (Å²) in [6.07, 6.45) is 0.701. The number of carbonyl (C=O) groups excluding carboxylic acids is 1. The van der Waals surface area contributed by atoms with Gasteiger partial charge in [-0.3, -0.25) is 4.79 Å². The molecule has 0 radical (unpaired) electrons. The van der Waals surface area contributed by atoms with E-state index in [0.717, 1.165) is 0 Å². The van der Waals surface area contributed by atoms with Crippen molar-refractivity contribution in [3.8, 4) is 5.95 Å². The molecule has 0 unspecified atom stereocenters. The molecular weight excluding hydrogens is 170 g/mol. The Hall–Kier alpha value is -1.32. The van der Waals surface area contributed by atoms with Crippen molar-refractivity contribution < 1.29 is 13.9 Å². The number of rotatable bonds is 4. The monoisotopic (exact) mass is 183 g/mol. The summed E-state index contributed by atoms with van der Waals surface area (Å²) in [6, 6.07) is 0. The summed E-state index contributed by atoms with van der Waals surface area (Å²) in [6.45, 7) is 5.72. The highest BCUT2D eigenvalue weighted by Crippen LogP contribution is 2.20. The molecule has 0 saturated heterocycles. The number of oxazole rings is 1. The third-order valence-corrected chi connectivity index (χ3v) is 1.57. The molecule has 0 aliphatic carbocycles. The van der Waals surface area contributed by atoms with Crippen molar-refractivity contribution in [2.75, 3.05) is 6.61 Å². The van der Waals surface area contributed by atoms with E-state index in [2.05, 4.69) is 4.98 Å². The first-order chi connectivity index (χ1) is 6.19. The van der Waals surface area contributed by atoms with Gasteiger partial charge in [0, 0.05) is 6.92 Å². The Balaban J connectivity index is 2.96. The summed E-state index contributed by atoms with van der Waals surface area (Å²) in [5, 5.41) is 0. The molecule has 0 aliphatic rings. The van der Waals surface area contributed by atoms with Crippen molar-refractivity contribution in [2.24, 2.45) is 0 Å². The van der Waals surface area contributed by atoms with E-state index in [-0.39, 0.29) is 11.7 Å². The van der Waals surface area contributed by atoms with Gasteiger partial charge in [0.15, 0.2) is 0 Å². The van der Waals surface area contributed by atoms with Gasteiger partial charge in [-0.15, -0.1) is 0 Å². The molecule has 0 fully saturated rings. The smallest absolute Gasteiger partial charge is 0.308 e. The molecule has 0 bridgehead atoms. The molecule has 1 aromatic heterocycles. The topological polar surface area (TPSA) is 52.3 Å². The van der Waals surface area contributed by atoms with Gasteiger partial charge in [-0.25, -0.2) is 4.98 Å². The van der Waals surface area contributed by atoms with Gasteiger partial charge in [0.2, 0.25) is 5.78 Å². The number of hydrogen-bond acceptors (Lipinski definition) is 4. The Morgan fingerprint density at radius 3 is 2.69 bits per heavy atom. The number of aromatic nitrogens is 1. The van der Waals surface area contributed by atoms with E-state index < -0.39 is 0 Å². The first-order valence-corrected chi connectivity index (χ1v) is 4.32. The zero-order valence-electron chi connectivity index (χ0n) is 8.09. The summed E-state index contributed by atoms with van der Waals surface area (Å²) >= 11 is 0. The molecule has 0 spiro atoms. The fourth-order valence-electron chi connectivity index (χ4n) is 0.956. The molecule has 0 atom stereocenters. The Morgan fingerprint density at radius 2 is 2.23 bits per heavy atom. The van der Waals surface area contributed by atoms with E-state index in [1.54, 1.807) is 0 Å². The van der Waals surface area contributed by atoms with E-state index >= 15 is 0 Å². The van der Waals surface area contributed by atoms with Gasteiger partial charge in [0.05, 0.1) is 6.61 Å². The maximum atomic E-state index is 10.9. The first kappa shape index (κ1) is 9.77. The third-order valence-electron chi connectivity index (χ3n) is 1.57. The number of ketones is 1. The number of hydrogen-bond donors (Lipinski definition) is 0. The van der Waals surface area contributed by atoms with Crippen molar-refractivity contribution in [3.05, 3.63) is 11.6 Å². The summed E-state index contributed by atoms with van der Waals surface area (Å²) in [5.41, 5.74) is 0.701. The predicted octanol–water partition coefficient (Wildman–Crippen LogP) is 1.84. The van der Waals surface area contributed by atoms with E-state index in [9.17, 15) is 4.79 Å². The molecule has 0 N–H and O–H groups in total. The molecule has 0 saturated carbocycles. The molecule has 1 rings (SSSR count). The van der Waals surface area contributed by atoms with Crippen LogP contribution < -0.4 is 4.74 Å². The maximum Gasteiger partial charge on any atom is 0.308 e. The van der Waals surface area contributed by atoms with Crippen molar-refractivity contribution >= 4 is 5.78 Å². The van der Waals surface area contributed by atoms with Gasteiger partial charge < -0.3 is 9.15 Å². The Kier molecular flexibility index (Phi) is 3.06. The number of aryl methyl sites for hydroxylation is 1. The molecule has 4 heteroatoms. The van der Waals surface area contributed by atoms with Crippen molar-refractivity contribution in [1.82, 2.24) is 4.98 Å². The van der Waals surface area contributed by atoms with Crippen LogP contribution >= 0.6 is 0 Å². The quantitative estimate of drug-likeness (QED) is 0.668. The van der Waals surface area contributed by atoms with Crippen LogP contribution in [0, 0.1) is 0 Å². The summed E-state index contributed by atoms with van der Waals surface area (Å²) in [5.74, 6) is 0.316. The summed E-state index contributed by atoms with van der Waals surface area (Å²) in [4.78, 5) is 14.9. The normalized spacial score (nSPS) is 10.1. The minimum atomic E-state index is -0.180. The van der Waals surface area contributed by atoms with Crippen LogP contribution in [0.25, 0.3) is 0 Å². The second-order valence-electron chi connectivity index (χ2n) is 2.60. The first-order valence-electron chi connectivity index (χ1n) is 4.32. The highest BCUT2D eigenvalue weighted by Gasteiger charge is 2.15. The number of carbonyl (C=O) groups is 1. The van der Waals surface area contributed by atoms with Crippen molar-refractivity contribution in [2.45, 2.75) is 27.2 Å². The van der Waals surface area contributed by atoms with E-state index in [1.807, 2.05) is 13.8 Å². The maximum absolute atomic E-state index is 10.9. The summed E-state index contributed by atoms with van der Waals surface area (Å²) < 4.78 is 10.3. The SMILES string of the molecule is CCOc1oc(C(C)=O)nc1CC. The van der Waals surface area contributed by atoms with E-state index in [4.69, 9.17) is 9.15 Å². The second-order valence-corrected chi connectivity index (χ2v) is 2.60. The minimum Gasteiger partial charge on any atom is -0.464 e. The van der Waals surface area contributed by atoms with Crippen LogP contribution in [0.1, 0.15) is 37.2 Å². The largest absolute Gasteiger partial charge is 0.464 e. The molecule has 1 aromatic rings. The van der Waals surface area contributed by atoms with Gasteiger partial charge >= 0.3 is 5.95 Å². The molecular formula is C9H13NO3. The molecule has 72 valence electrons. The molecule has 1 heterocycles. The molecule has 0 aromatic carbocycles. The van der Waals surface area contributed by atoms with Crippen LogP contribution in [-0.2, 0) is 6.42 Å². The van der Waals surface area contributed by atoms with Crippen LogP contribution in [0.3, 0.4) is 0 Å². The van der Waals surface area contributed by atoms with Crippen molar-refractivity contribution in [1.29, 1.82) is 0 Å². The van der Waals surface area contributed by atoms with E-state index in [0.29, 0.717) is 24.7 Å². The Bertz CT molecular complexity index is 304. The fraction of sp³-hybridized carbons (Fsp3) is 0.556. The van der Waals surface area contributed by atoms with Crippen molar-refractivity contribution in [3.63, 3.8) is 0 Å². The van der Waals surface area contributed by atoms with Gasteiger partial charge in [-0.2, -0.15) is 0 Å². The minimum absolute atomic E-state index is 0.125. The zero-order valence-corrected chi connectivity index (χ0v) is 8.09. The number of nitrogens with zero attached hydrogens (tertiary/aromatic N) is 1. The highest BCUT2D eigenvalue weighted by atomic mass is 16.6. The van der Waals surface area contributed by atoms with Crippen LogP contribution in [0.5, 0.6) is 5.95 Å². The standard InChI is InChI=1S/C9H13NO3/c1-4-7-9(12-5-2)13-8(10-7)6(3)11/h4-5H2,1-3H3. The lowest BCUT2D eigenvalue weighted by molar-refractivity contribution is 0.0972. The number of Topliss-reactive ketones (excluding diaryl/α,β-unsaturated/α-hetero) is 1. The van der Waals surface area contributed by atoms with Crippen LogP contribution in [0.4, 0.5) is 0 Å². The lowest BCUT2D eigenvalue weighted by Crippen LogP contribution is -1.93. The third kappa shape index (κ3) is 2.08. The highest BCUT2D eigenvalue weighted by molar-refractivity contribution is 5.89. The van der Waals surface area contributed by atoms with Gasteiger partial charge in [0.25, 0.3) is 5.89 Å². The molecule has 4 nitrogen and oxygen atoms in total. The Morgan fingerprint density at radius 1 is 1.54 bits per heavy atom. The fourth-order valence-corrected chi connectivity index (χ4v) is 0.956. The Labute approximate surface area is 76.9 Å². The van der Waals surface area contributed by atoms with Gasteiger partial charge in [-0.05, 0) is 13.3 Å². The zero-order chi connectivity index (χ0) is 9.84. The molecule has 0 amide bonds. The van der Waals surface area contributed by atoms with Crippen LogP contribution in [-0.4, -0.2) is 17.4 Å². The second kappa shape index (κ2) is 4.07. The molecule has 0 aliphatic heterocycles. The lowest BCUT2D eigenvalue weighted by atomic mass is 10.3. The molecule has 13 heavy (non-hydrogen) atoms. The predicted molar refractivity (Wildman–Crippen MR) is 47.1 cm³/mol. The van der Waals surface area contributed by atoms with Gasteiger partial charge in [-0.1, -0.05) is 6.92 Å². The van der Waals surface area contributed by atoms with Crippen LogP contribution in [0.15, 0.2) is 4.42 Å². The average molecular weight is 183 g/mol. The average Bonchev–Trinajstić information content (AvgIpc) is 2.48.